The average molecular weight is 323 g/mol. The number of aromatic nitrogens is 3. The van der Waals surface area contributed by atoms with Crippen LogP contribution in [0.15, 0.2) is 55.2 Å². The normalized spacial score (nSPS) is 10.4. The fraction of sp³-hybridized carbons (Fsp3) is 0.111. The second-order valence-electron chi connectivity index (χ2n) is 5.28. The molecule has 0 N–H and O–H groups in total. The Morgan fingerprint density at radius 2 is 1.92 bits per heavy atom. The number of nitrogens with zero attached hydrogens (tertiary/aromatic N) is 3. The van der Waals surface area contributed by atoms with Crippen molar-refractivity contribution in [3.8, 4) is 11.5 Å². The Morgan fingerprint density at radius 1 is 1.12 bits per heavy atom. The molecule has 0 radical (unpaired) electrons. The number of carbonyl (C=O) groups is 1. The highest BCUT2D eigenvalue weighted by Gasteiger charge is 2.12. The van der Waals surface area contributed by atoms with E-state index in [1.807, 2.05) is 19.1 Å². The third-order valence-electron chi connectivity index (χ3n) is 3.28. The first-order valence-electron chi connectivity index (χ1n) is 7.28. The van der Waals surface area contributed by atoms with Crippen LogP contribution in [-0.2, 0) is 6.42 Å². The summed E-state index contributed by atoms with van der Waals surface area (Å²) >= 11 is 0. The molecule has 120 valence electrons. The number of pyridine rings is 1. The van der Waals surface area contributed by atoms with Crippen LogP contribution < -0.4 is 4.74 Å². The number of ether oxygens (including phenoxy) is 1. The number of hydrogen-bond acceptors (Lipinski definition) is 5. The molecule has 5 nitrogen and oxygen atoms in total. The topological polar surface area (TPSA) is 65.0 Å². The monoisotopic (exact) mass is 323 g/mol. The van der Waals surface area contributed by atoms with Crippen LogP contribution in [0.1, 0.15) is 21.6 Å². The van der Waals surface area contributed by atoms with Gasteiger partial charge in [0.25, 0.3) is 0 Å². The molecule has 0 saturated heterocycles. The predicted molar refractivity (Wildman–Crippen MR) is 85.5 cm³/mol. The van der Waals surface area contributed by atoms with Gasteiger partial charge in [0.1, 0.15) is 17.9 Å². The number of carbonyl (C=O) groups excluding carboxylic acids is 1. The Bertz CT molecular complexity index is 869. The minimum Gasteiger partial charge on any atom is -0.454 e. The van der Waals surface area contributed by atoms with Gasteiger partial charge in [0.05, 0.1) is 18.8 Å². The van der Waals surface area contributed by atoms with Crippen molar-refractivity contribution >= 4 is 5.78 Å². The van der Waals surface area contributed by atoms with E-state index in [1.165, 1.54) is 36.9 Å². The van der Waals surface area contributed by atoms with Crippen LogP contribution >= 0.6 is 0 Å². The Hall–Kier alpha value is -3.15. The molecular weight excluding hydrogens is 309 g/mol. The number of halogens is 1. The SMILES string of the molecule is Cc1ccnc(CC(=O)c2cc(F)cc(Oc3cncnc3)c2)c1. The van der Waals surface area contributed by atoms with Crippen molar-refractivity contribution in [1.29, 1.82) is 0 Å². The van der Waals surface area contributed by atoms with Crippen molar-refractivity contribution in [1.82, 2.24) is 15.0 Å². The van der Waals surface area contributed by atoms with Crippen molar-refractivity contribution < 1.29 is 13.9 Å². The highest BCUT2D eigenvalue weighted by molar-refractivity contribution is 5.97. The maximum absolute atomic E-state index is 13.8. The number of Topliss-reactive ketones (excluding diaryl/α,β-unsaturated/α-hetero) is 1. The quantitative estimate of drug-likeness (QED) is 0.672. The summed E-state index contributed by atoms with van der Waals surface area (Å²) < 4.78 is 19.3. The van der Waals surface area contributed by atoms with Crippen LogP contribution in [0.3, 0.4) is 0 Å². The lowest BCUT2D eigenvalue weighted by atomic mass is 10.0. The highest BCUT2D eigenvalue weighted by Crippen LogP contribution is 2.23. The van der Waals surface area contributed by atoms with Crippen LogP contribution in [0.4, 0.5) is 4.39 Å². The van der Waals surface area contributed by atoms with Gasteiger partial charge in [-0.3, -0.25) is 9.78 Å². The molecule has 1 aromatic carbocycles. The van der Waals surface area contributed by atoms with E-state index < -0.39 is 5.82 Å². The van der Waals surface area contributed by atoms with Gasteiger partial charge in [-0.05, 0) is 36.8 Å². The minimum atomic E-state index is -0.551. The molecule has 0 aliphatic carbocycles. The van der Waals surface area contributed by atoms with Gasteiger partial charge in [-0.1, -0.05) is 0 Å². The fourth-order valence-electron chi connectivity index (χ4n) is 2.22. The summed E-state index contributed by atoms with van der Waals surface area (Å²) in [7, 11) is 0. The second-order valence-corrected chi connectivity index (χ2v) is 5.28. The standard InChI is InChI=1S/C18H14FN3O2/c1-12-2-3-22-15(4-12)8-18(23)13-5-14(19)7-16(6-13)24-17-9-20-11-21-10-17/h2-7,9-11H,8H2,1H3. The summed E-state index contributed by atoms with van der Waals surface area (Å²) in [4.78, 5) is 24.2. The zero-order valence-corrected chi connectivity index (χ0v) is 12.9. The molecule has 0 bridgehead atoms. The van der Waals surface area contributed by atoms with E-state index in [-0.39, 0.29) is 23.5 Å². The molecule has 0 unspecified atom stereocenters. The Balaban J connectivity index is 1.81. The Morgan fingerprint density at radius 3 is 2.67 bits per heavy atom. The van der Waals surface area contributed by atoms with Gasteiger partial charge < -0.3 is 4.74 Å². The summed E-state index contributed by atoms with van der Waals surface area (Å²) in [5, 5.41) is 0. The van der Waals surface area contributed by atoms with E-state index in [2.05, 4.69) is 15.0 Å². The smallest absolute Gasteiger partial charge is 0.169 e. The van der Waals surface area contributed by atoms with Gasteiger partial charge in [0, 0.05) is 23.5 Å². The van der Waals surface area contributed by atoms with E-state index in [0.717, 1.165) is 5.56 Å². The first kappa shape index (κ1) is 15.7. The third kappa shape index (κ3) is 3.98. The molecule has 0 aliphatic rings. The average Bonchev–Trinajstić information content (AvgIpc) is 2.55. The zero-order chi connectivity index (χ0) is 16.9. The highest BCUT2D eigenvalue weighted by atomic mass is 19.1. The fourth-order valence-corrected chi connectivity index (χ4v) is 2.22. The lowest BCUT2D eigenvalue weighted by Crippen LogP contribution is -2.06. The number of aryl methyl sites for hydroxylation is 1. The maximum atomic E-state index is 13.8. The maximum Gasteiger partial charge on any atom is 0.169 e. The Kier molecular flexibility index (Phi) is 4.56. The number of rotatable bonds is 5. The molecule has 0 aliphatic heterocycles. The van der Waals surface area contributed by atoms with Crippen molar-refractivity contribution in [2.75, 3.05) is 0 Å². The van der Waals surface area contributed by atoms with Gasteiger partial charge in [-0.25, -0.2) is 14.4 Å². The second kappa shape index (κ2) is 6.95. The Labute approximate surface area is 138 Å². The third-order valence-corrected chi connectivity index (χ3v) is 3.28. The number of hydrogen-bond donors (Lipinski definition) is 0. The lowest BCUT2D eigenvalue weighted by molar-refractivity contribution is 0.0991. The van der Waals surface area contributed by atoms with Crippen molar-refractivity contribution in [3.63, 3.8) is 0 Å². The lowest BCUT2D eigenvalue weighted by Gasteiger charge is -2.07. The minimum absolute atomic E-state index is 0.0963. The van der Waals surface area contributed by atoms with Gasteiger partial charge in [-0.15, -0.1) is 0 Å². The largest absolute Gasteiger partial charge is 0.454 e. The van der Waals surface area contributed by atoms with E-state index in [1.54, 1.807) is 6.20 Å². The molecule has 0 spiro atoms. The molecule has 0 saturated carbocycles. The van der Waals surface area contributed by atoms with Crippen molar-refractivity contribution in [3.05, 3.63) is 77.9 Å². The molecule has 0 fully saturated rings. The molecule has 24 heavy (non-hydrogen) atoms. The van der Waals surface area contributed by atoms with Crippen LogP contribution in [0.2, 0.25) is 0 Å². The summed E-state index contributed by atoms with van der Waals surface area (Å²) in [6.07, 6.45) is 6.01. The summed E-state index contributed by atoms with van der Waals surface area (Å²) in [5.41, 5.74) is 1.88. The first-order valence-corrected chi connectivity index (χ1v) is 7.28. The van der Waals surface area contributed by atoms with Gasteiger partial charge in [-0.2, -0.15) is 0 Å². The first-order chi connectivity index (χ1) is 11.6. The van der Waals surface area contributed by atoms with Crippen LogP contribution in [-0.4, -0.2) is 20.7 Å². The molecule has 6 heteroatoms. The van der Waals surface area contributed by atoms with E-state index in [4.69, 9.17) is 4.74 Å². The van der Waals surface area contributed by atoms with Crippen LogP contribution in [0.25, 0.3) is 0 Å². The number of benzene rings is 1. The molecule has 3 aromatic rings. The van der Waals surface area contributed by atoms with Crippen LogP contribution in [0.5, 0.6) is 11.5 Å². The molecular formula is C18H14FN3O2. The van der Waals surface area contributed by atoms with E-state index in [0.29, 0.717) is 11.4 Å². The number of ketones is 1. The zero-order valence-electron chi connectivity index (χ0n) is 12.9. The van der Waals surface area contributed by atoms with Crippen molar-refractivity contribution in [2.24, 2.45) is 0 Å². The summed E-state index contributed by atoms with van der Waals surface area (Å²) in [5.74, 6) is -0.209. The van der Waals surface area contributed by atoms with Crippen LogP contribution in [0, 0.1) is 12.7 Å². The summed E-state index contributed by atoms with van der Waals surface area (Å²) in [6.45, 7) is 1.92. The van der Waals surface area contributed by atoms with Gasteiger partial charge in [0.15, 0.2) is 11.5 Å². The molecule has 0 atom stereocenters. The summed E-state index contributed by atoms with van der Waals surface area (Å²) in [6, 6.07) is 7.56. The molecule has 2 aromatic heterocycles. The molecule has 3 rings (SSSR count). The van der Waals surface area contributed by atoms with E-state index >= 15 is 0 Å². The molecule has 2 heterocycles. The molecule has 0 amide bonds. The van der Waals surface area contributed by atoms with E-state index in [9.17, 15) is 9.18 Å². The van der Waals surface area contributed by atoms with Gasteiger partial charge >= 0.3 is 0 Å². The van der Waals surface area contributed by atoms with Gasteiger partial charge in [0.2, 0.25) is 0 Å². The van der Waals surface area contributed by atoms with Crippen molar-refractivity contribution in [2.45, 2.75) is 13.3 Å². The predicted octanol–water partition coefficient (Wildman–Crippen LogP) is 3.54.